The van der Waals surface area contributed by atoms with Gasteiger partial charge in [0.05, 0.1) is 5.92 Å². The Hall–Kier alpha value is -0.610. The van der Waals surface area contributed by atoms with Gasteiger partial charge >= 0.3 is 5.97 Å². The summed E-state index contributed by atoms with van der Waals surface area (Å²) in [6, 6.07) is 0. The maximum Gasteiger partial charge on any atom is 0.307 e. The first-order valence-electron chi connectivity index (χ1n) is 7.96. The van der Waals surface area contributed by atoms with Crippen molar-refractivity contribution in [1.29, 1.82) is 0 Å². The summed E-state index contributed by atoms with van der Waals surface area (Å²) in [5.74, 6) is -0.234. The average molecular weight is 287 g/mol. The van der Waals surface area contributed by atoms with E-state index in [-0.39, 0.29) is 5.92 Å². The van der Waals surface area contributed by atoms with Gasteiger partial charge in [-0.15, -0.1) is 0 Å². The molecule has 0 aromatic heterocycles. The molecule has 0 rings (SSSR count). The molecule has 20 heavy (non-hydrogen) atoms. The van der Waals surface area contributed by atoms with E-state index in [4.69, 9.17) is 4.74 Å². The highest BCUT2D eigenvalue weighted by Crippen LogP contribution is 2.10. The van der Waals surface area contributed by atoms with Crippen LogP contribution in [0.1, 0.15) is 52.9 Å². The predicted octanol–water partition coefficient (Wildman–Crippen LogP) is 3.26. The van der Waals surface area contributed by atoms with Gasteiger partial charge in [0, 0.05) is 19.8 Å². The lowest BCUT2D eigenvalue weighted by Gasteiger charge is -2.20. The molecular weight excluding hydrogens is 254 g/mol. The van der Waals surface area contributed by atoms with E-state index < -0.39 is 5.97 Å². The lowest BCUT2D eigenvalue weighted by atomic mass is 10.0. The van der Waals surface area contributed by atoms with Crippen molar-refractivity contribution >= 4 is 5.97 Å². The Morgan fingerprint density at radius 1 is 1.20 bits per heavy atom. The normalized spacial score (nSPS) is 13.1. The Morgan fingerprint density at radius 2 is 1.80 bits per heavy atom. The predicted molar refractivity (Wildman–Crippen MR) is 83.0 cm³/mol. The van der Waals surface area contributed by atoms with Crippen molar-refractivity contribution < 1.29 is 14.6 Å². The highest BCUT2D eigenvalue weighted by molar-refractivity contribution is 5.70. The Morgan fingerprint density at radius 3 is 2.30 bits per heavy atom. The molecule has 0 aromatic rings. The van der Waals surface area contributed by atoms with E-state index in [1.54, 1.807) is 0 Å². The minimum atomic E-state index is -0.687. The molecule has 0 aromatic carbocycles. The number of carboxylic acid groups (broad SMARTS) is 1. The van der Waals surface area contributed by atoms with E-state index >= 15 is 0 Å². The molecule has 0 amide bonds. The number of aliphatic carboxylic acids is 1. The molecule has 0 aliphatic rings. The number of ether oxygens (including phenoxy) is 1. The molecule has 1 atom stereocenters. The average Bonchev–Trinajstić information content (AvgIpc) is 2.35. The van der Waals surface area contributed by atoms with Crippen LogP contribution in [0.5, 0.6) is 0 Å². The summed E-state index contributed by atoms with van der Waals surface area (Å²) in [7, 11) is 1.99. The smallest absolute Gasteiger partial charge is 0.307 e. The molecule has 0 radical (unpaired) electrons. The molecule has 4 heteroatoms. The molecule has 120 valence electrons. The van der Waals surface area contributed by atoms with Crippen LogP contribution < -0.4 is 0 Å². The Kier molecular flexibility index (Phi) is 11.8. The van der Waals surface area contributed by atoms with Gasteiger partial charge in [-0.1, -0.05) is 20.8 Å². The van der Waals surface area contributed by atoms with E-state index in [0.29, 0.717) is 19.6 Å². The van der Waals surface area contributed by atoms with Gasteiger partial charge in [-0.25, -0.2) is 0 Å². The minimum Gasteiger partial charge on any atom is -0.481 e. The minimum absolute atomic E-state index is 0.272. The zero-order valence-corrected chi connectivity index (χ0v) is 13.7. The monoisotopic (exact) mass is 287 g/mol. The lowest BCUT2D eigenvalue weighted by molar-refractivity contribution is -0.142. The number of nitrogens with zero attached hydrogens (tertiary/aromatic N) is 1. The first kappa shape index (κ1) is 19.4. The third kappa shape index (κ3) is 11.2. The standard InChI is InChI=1S/C16H33NO3/c1-5-10-17(4)13-15(16(18)19)9-7-12-20-11-6-8-14(2)3/h14-15H,5-13H2,1-4H3,(H,18,19). The van der Waals surface area contributed by atoms with E-state index in [9.17, 15) is 9.90 Å². The van der Waals surface area contributed by atoms with Gasteiger partial charge in [0.25, 0.3) is 0 Å². The van der Waals surface area contributed by atoms with Gasteiger partial charge in [0.2, 0.25) is 0 Å². The van der Waals surface area contributed by atoms with Gasteiger partial charge in [-0.05, 0) is 51.6 Å². The van der Waals surface area contributed by atoms with E-state index in [1.807, 2.05) is 7.05 Å². The van der Waals surface area contributed by atoms with Crippen molar-refractivity contribution in [3.05, 3.63) is 0 Å². The molecule has 0 saturated carbocycles. The van der Waals surface area contributed by atoms with Crippen LogP contribution >= 0.6 is 0 Å². The summed E-state index contributed by atoms with van der Waals surface area (Å²) < 4.78 is 5.56. The summed E-state index contributed by atoms with van der Waals surface area (Å²) in [5.41, 5.74) is 0. The third-order valence-electron chi connectivity index (χ3n) is 3.40. The van der Waals surface area contributed by atoms with Gasteiger partial charge in [-0.3, -0.25) is 4.79 Å². The fourth-order valence-electron chi connectivity index (χ4n) is 2.27. The molecule has 4 nitrogen and oxygen atoms in total. The molecule has 0 saturated heterocycles. The summed E-state index contributed by atoms with van der Waals surface area (Å²) in [5, 5.41) is 9.22. The van der Waals surface area contributed by atoms with E-state index in [1.165, 1.54) is 6.42 Å². The second kappa shape index (κ2) is 12.2. The fourth-order valence-corrected chi connectivity index (χ4v) is 2.27. The molecule has 0 aliphatic carbocycles. The Bertz CT molecular complexity index is 244. The van der Waals surface area contributed by atoms with Crippen molar-refractivity contribution in [2.24, 2.45) is 11.8 Å². The molecule has 1 N–H and O–H groups in total. The molecule has 1 unspecified atom stereocenters. The summed E-state index contributed by atoms with van der Waals surface area (Å²) in [6.07, 6.45) is 4.88. The van der Waals surface area contributed by atoms with Crippen LogP contribution in [-0.2, 0) is 9.53 Å². The van der Waals surface area contributed by atoms with Crippen LogP contribution in [0.25, 0.3) is 0 Å². The van der Waals surface area contributed by atoms with Gasteiger partial charge in [0.1, 0.15) is 0 Å². The molecular formula is C16H33NO3. The first-order valence-corrected chi connectivity index (χ1v) is 7.96. The van der Waals surface area contributed by atoms with Gasteiger partial charge in [-0.2, -0.15) is 0 Å². The SMILES string of the molecule is CCCN(C)CC(CCCOCCCC(C)C)C(=O)O. The first-order chi connectivity index (χ1) is 9.47. The highest BCUT2D eigenvalue weighted by atomic mass is 16.5. The van der Waals surface area contributed by atoms with Gasteiger partial charge in [0.15, 0.2) is 0 Å². The van der Waals surface area contributed by atoms with Crippen LogP contribution in [0.2, 0.25) is 0 Å². The molecule has 0 aliphatic heterocycles. The van der Waals surface area contributed by atoms with Gasteiger partial charge < -0.3 is 14.7 Å². The van der Waals surface area contributed by atoms with Crippen molar-refractivity contribution in [2.75, 3.05) is 33.4 Å². The zero-order chi connectivity index (χ0) is 15.4. The van der Waals surface area contributed by atoms with Crippen LogP contribution in [0.4, 0.5) is 0 Å². The quantitative estimate of drug-likeness (QED) is 0.528. The number of carbonyl (C=O) groups is 1. The van der Waals surface area contributed by atoms with Crippen LogP contribution in [0, 0.1) is 11.8 Å². The van der Waals surface area contributed by atoms with Crippen LogP contribution in [-0.4, -0.2) is 49.3 Å². The Balaban J connectivity index is 3.68. The summed E-state index contributed by atoms with van der Waals surface area (Å²) in [4.78, 5) is 13.3. The summed E-state index contributed by atoms with van der Waals surface area (Å²) in [6.45, 7) is 9.60. The third-order valence-corrected chi connectivity index (χ3v) is 3.40. The fraction of sp³-hybridized carbons (Fsp3) is 0.938. The lowest BCUT2D eigenvalue weighted by Crippen LogP contribution is -2.31. The second-order valence-electron chi connectivity index (χ2n) is 6.09. The highest BCUT2D eigenvalue weighted by Gasteiger charge is 2.18. The number of carboxylic acids is 1. The second-order valence-corrected chi connectivity index (χ2v) is 6.09. The number of hydrogen-bond acceptors (Lipinski definition) is 3. The summed E-state index contributed by atoms with van der Waals surface area (Å²) >= 11 is 0. The number of rotatable bonds is 13. The molecule has 0 fully saturated rings. The van der Waals surface area contributed by atoms with Crippen molar-refractivity contribution in [2.45, 2.75) is 52.9 Å². The van der Waals surface area contributed by atoms with Crippen LogP contribution in [0.3, 0.4) is 0 Å². The van der Waals surface area contributed by atoms with Crippen molar-refractivity contribution in [3.63, 3.8) is 0 Å². The molecule has 0 bridgehead atoms. The topological polar surface area (TPSA) is 49.8 Å². The van der Waals surface area contributed by atoms with E-state index in [2.05, 4.69) is 25.7 Å². The van der Waals surface area contributed by atoms with Crippen LogP contribution in [0.15, 0.2) is 0 Å². The maximum absolute atomic E-state index is 11.2. The zero-order valence-electron chi connectivity index (χ0n) is 13.7. The Labute approximate surface area is 124 Å². The van der Waals surface area contributed by atoms with Crippen molar-refractivity contribution in [1.82, 2.24) is 4.90 Å². The molecule has 0 spiro atoms. The van der Waals surface area contributed by atoms with Crippen molar-refractivity contribution in [3.8, 4) is 0 Å². The number of hydrogen-bond donors (Lipinski definition) is 1. The largest absolute Gasteiger partial charge is 0.481 e. The molecule has 0 heterocycles. The van der Waals surface area contributed by atoms with E-state index in [0.717, 1.165) is 38.3 Å². The maximum atomic E-state index is 11.2.